The quantitative estimate of drug-likeness (QED) is 0.424. The average Bonchev–Trinajstić information content (AvgIpc) is 1.87. The highest BCUT2D eigenvalue weighted by molar-refractivity contribution is 7.13. The molecular formula is C3H5ClN3S-. The lowest BCUT2D eigenvalue weighted by molar-refractivity contribution is -0.00000156. The number of thiazole rings is 1. The van der Waals surface area contributed by atoms with Crippen molar-refractivity contribution < 1.29 is 12.4 Å². The van der Waals surface area contributed by atoms with Gasteiger partial charge in [-0.2, -0.15) is 0 Å². The van der Waals surface area contributed by atoms with Crippen LogP contribution in [0, 0.1) is 0 Å². The molecule has 0 aliphatic heterocycles. The summed E-state index contributed by atoms with van der Waals surface area (Å²) in [4.78, 5) is 3.69. The van der Waals surface area contributed by atoms with Crippen molar-refractivity contribution in [3.8, 4) is 0 Å². The highest BCUT2D eigenvalue weighted by atomic mass is 35.5. The molecule has 1 heterocycles. The van der Waals surface area contributed by atoms with E-state index in [1.807, 2.05) is 0 Å². The number of nitrogen functional groups attached to an aromatic ring is 2. The van der Waals surface area contributed by atoms with E-state index in [2.05, 4.69) is 4.98 Å². The molecule has 1 rings (SSSR count). The predicted molar refractivity (Wildman–Crippen MR) is 30.9 cm³/mol. The molecule has 0 unspecified atom stereocenters. The summed E-state index contributed by atoms with van der Waals surface area (Å²) in [6.45, 7) is 0. The van der Waals surface area contributed by atoms with Crippen molar-refractivity contribution in [1.29, 1.82) is 0 Å². The zero-order chi connectivity index (χ0) is 5.28. The first-order valence-electron chi connectivity index (χ1n) is 1.75. The molecule has 0 fully saturated rings. The lowest BCUT2D eigenvalue weighted by Gasteiger charge is -1.72. The summed E-state index contributed by atoms with van der Waals surface area (Å²) in [5, 5.41) is 2.23. The van der Waals surface area contributed by atoms with Gasteiger partial charge in [0.2, 0.25) is 0 Å². The van der Waals surface area contributed by atoms with E-state index in [-0.39, 0.29) is 12.4 Å². The second kappa shape index (κ2) is 2.74. The van der Waals surface area contributed by atoms with Gasteiger partial charge in [0, 0.05) is 5.38 Å². The Kier molecular flexibility index (Phi) is 2.57. The zero-order valence-corrected chi connectivity index (χ0v) is 5.54. The molecular weight excluding hydrogens is 146 g/mol. The highest BCUT2D eigenvalue weighted by Crippen LogP contribution is 2.10. The molecule has 8 heavy (non-hydrogen) atoms. The van der Waals surface area contributed by atoms with Crippen LogP contribution in [0.5, 0.6) is 0 Å². The molecule has 0 aliphatic carbocycles. The Balaban J connectivity index is 0.000000490. The van der Waals surface area contributed by atoms with E-state index in [4.69, 9.17) is 11.5 Å². The number of hydrogen-bond donors (Lipinski definition) is 2. The molecule has 1 aromatic heterocycles. The summed E-state index contributed by atoms with van der Waals surface area (Å²) in [6, 6.07) is 0. The van der Waals surface area contributed by atoms with Crippen molar-refractivity contribution in [2.24, 2.45) is 0 Å². The highest BCUT2D eigenvalue weighted by Gasteiger charge is 1.87. The number of hydrogen-bond acceptors (Lipinski definition) is 4. The Labute approximate surface area is 57.1 Å². The van der Waals surface area contributed by atoms with Crippen LogP contribution in [0.3, 0.4) is 0 Å². The lowest BCUT2D eigenvalue weighted by atomic mass is 10.8. The smallest absolute Gasteiger partial charge is 0.182 e. The van der Waals surface area contributed by atoms with Crippen LogP contribution in [0.25, 0.3) is 0 Å². The fourth-order valence-electron chi connectivity index (χ4n) is 0.301. The number of halogens is 1. The summed E-state index contributed by atoms with van der Waals surface area (Å²) >= 11 is 1.35. The third-order valence-electron chi connectivity index (χ3n) is 0.540. The van der Waals surface area contributed by atoms with Gasteiger partial charge in [-0.25, -0.2) is 4.98 Å². The third kappa shape index (κ3) is 1.55. The van der Waals surface area contributed by atoms with Crippen molar-refractivity contribution >= 4 is 22.3 Å². The molecule has 5 heteroatoms. The maximum Gasteiger partial charge on any atom is 0.182 e. The van der Waals surface area contributed by atoms with Crippen LogP contribution in [0.1, 0.15) is 0 Å². The fourth-order valence-corrected chi connectivity index (χ4v) is 0.753. The van der Waals surface area contributed by atoms with E-state index in [1.54, 1.807) is 5.38 Å². The maximum atomic E-state index is 5.21. The maximum absolute atomic E-state index is 5.21. The van der Waals surface area contributed by atoms with Crippen LogP contribution in [0.4, 0.5) is 10.9 Å². The molecule has 0 spiro atoms. The monoisotopic (exact) mass is 150 g/mol. The molecule has 0 aliphatic rings. The second-order valence-corrected chi connectivity index (χ2v) is 2.00. The SMILES string of the molecule is Nc1csc(N)n1.[Cl-]. The molecule has 3 nitrogen and oxygen atoms in total. The average molecular weight is 151 g/mol. The van der Waals surface area contributed by atoms with Gasteiger partial charge < -0.3 is 23.9 Å². The third-order valence-corrected chi connectivity index (χ3v) is 1.23. The van der Waals surface area contributed by atoms with Crippen LogP contribution < -0.4 is 23.9 Å². The Bertz CT molecular complexity index is 147. The van der Waals surface area contributed by atoms with Gasteiger partial charge in [-0.05, 0) is 0 Å². The van der Waals surface area contributed by atoms with Crippen molar-refractivity contribution in [2.75, 3.05) is 11.5 Å². The summed E-state index contributed by atoms with van der Waals surface area (Å²) in [6.07, 6.45) is 0. The fraction of sp³-hybridized carbons (Fsp3) is 0. The molecule has 0 radical (unpaired) electrons. The molecule has 0 bridgehead atoms. The van der Waals surface area contributed by atoms with E-state index in [0.717, 1.165) is 0 Å². The number of anilines is 2. The van der Waals surface area contributed by atoms with Gasteiger partial charge in [0.15, 0.2) is 5.13 Å². The molecule has 4 N–H and O–H groups in total. The van der Waals surface area contributed by atoms with Crippen molar-refractivity contribution in [2.45, 2.75) is 0 Å². The first-order valence-corrected chi connectivity index (χ1v) is 2.63. The topological polar surface area (TPSA) is 64.9 Å². The Morgan fingerprint density at radius 2 is 2.12 bits per heavy atom. The number of aromatic nitrogens is 1. The number of rotatable bonds is 0. The van der Waals surface area contributed by atoms with Gasteiger partial charge in [-0.15, -0.1) is 11.3 Å². The molecule has 46 valence electrons. The minimum Gasteiger partial charge on any atom is -1.00 e. The predicted octanol–water partition coefficient (Wildman–Crippen LogP) is -2.69. The van der Waals surface area contributed by atoms with Gasteiger partial charge >= 0.3 is 0 Å². The van der Waals surface area contributed by atoms with Gasteiger partial charge in [0.25, 0.3) is 0 Å². The van der Waals surface area contributed by atoms with Crippen LogP contribution >= 0.6 is 11.3 Å². The molecule has 1 aromatic rings. The molecule has 0 atom stereocenters. The number of nitrogens with two attached hydrogens (primary N) is 2. The van der Waals surface area contributed by atoms with Crippen LogP contribution in [-0.2, 0) is 0 Å². The van der Waals surface area contributed by atoms with Crippen molar-refractivity contribution in [3.05, 3.63) is 5.38 Å². The Hall–Kier alpha value is -0.480. The summed E-state index contributed by atoms with van der Waals surface area (Å²) in [7, 11) is 0. The van der Waals surface area contributed by atoms with E-state index >= 15 is 0 Å². The molecule has 0 amide bonds. The van der Waals surface area contributed by atoms with Gasteiger partial charge in [0.05, 0.1) is 0 Å². The molecule has 0 saturated heterocycles. The summed E-state index contributed by atoms with van der Waals surface area (Å²) < 4.78 is 0. The normalized spacial score (nSPS) is 8.00. The van der Waals surface area contributed by atoms with Gasteiger partial charge in [-0.3, -0.25) is 0 Å². The first kappa shape index (κ1) is 7.52. The van der Waals surface area contributed by atoms with Crippen molar-refractivity contribution in [3.63, 3.8) is 0 Å². The first-order chi connectivity index (χ1) is 3.29. The number of nitrogens with zero attached hydrogens (tertiary/aromatic N) is 1. The minimum atomic E-state index is 0. The van der Waals surface area contributed by atoms with E-state index in [0.29, 0.717) is 10.9 Å². The van der Waals surface area contributed by atoms with E-state index in [9.17, 15) is 0 Å². The standard InChI is InChI=1S/C3H5N3S.ClH/c4-2-1-7-3(5)6-2;/h1H,4H2,(H2,5,6);1H/p-1. The summed E-state index contributed by atoms with van der Waals surface area (Å²) in [5.74, 6) is 0.502. The Morgan fingerprint density at radius 1 is 1.50 bits per heavy atom. The van der Waals surface area contributed by atoms with Crippen LogP contribution in [0.15, 0.2) is 5.38 Å². The van der Waals surface area contributed by atoms with Crippen LogP contribution in [0.2, 0.25) is 0 Å². The van der Waals surface area contributed by atoms with Crippen LogP contribution in [-0.4, -0.2) is 4.98 Å². The molecule has 0 saturated carbocycles. The zero-order valence-electron chi connectivity index (χ0n) is 3.97. The summed E-state index contributed by atoms with van der Waals surface area (Å²) in [5.41, 5.74) is 10.4. The van der Waals surface area contributed by atoms with Crippen molar-refractivity contribution in [1.82, 2.24) is 4.98 Å². The lowest BCUT2D eigenvalue weighted by Crippen LogP contribution is -3.00. The van der Waals surface area contributed by atoms with Gasteiger partial charge in [0.1, 0.15) is 5.82 Å². The van der Waals surface area contributed by atoms with E-state index < -0.39 is 0 Å². The van der Waals surface area contributed by atoms with Gasteiger partial charge in [-0.1, -0.05) is 0 Å². The second-order valence-electron chi connectivity index (χ2n) is 1.11. The largest absolute Gasteiger partial charge is 1.00 e. The van der Waals surface area contributed by atoms with E-state index in [1.165, 1.54) is 11.3 Å². The Morgan fingerprint density at radius 3 is 2.25 bits per heavy atom. The molecule has 0 aromatic carbocycles. The minimum absolute atomic E-state index is 0.